The number of nitrogens with two attached hydrogens (primary N) is 1. The zero-order valence-electron chi connectivity index (χ0n) is 12.9. The summed E-state index contributed by atoms with van der Waals surface area (Å²) in [6.45, 7) is 10.9. The molecule has 2 N–H and O–H groups in total. The molecule has 2 nitrogen and oxygen atoms in total. The molecule has 1 unspecified atom stereocenters. The van der Waals surface area contributed by atoms with E-state index >= 15 is 0 Å². The molecule has 0 aliphatic rings. The molecular weight excluding hydrogens is 220 g/mol. The van der Waals surface area contributed by atoms with Crippen LogP contribution in [-0.4, -0.2) is 24.5 Å². The summed E-state index contributed by atoms with van der Waals surface area (Å²) in [4.78, 5) is 2.19. The van der Waals surface area contributed by atoms with Crippen LogP contribution in [0.25, 0.3) is 0 Å². The average Bonchev–Trinajstić information content (AvgIpc) is 2.13. The van der Waals surface area contributed by atoms with Crippen molar-refractivity contribution in [1.29, 1.82) is 0 Å². The van der Waals surface area contributed by atoms with Gasteiger partial charge in [-0.25, -0.2) is 0 Å². The highest BCUT2D eigenvalue weighted by Crippen LogP contribution is 2.30. The van der Waals surface area contributed by atoms with Gasteiger partial charge < -0.3 is 10.6 Å². The Labute approximate surface area is 112 Å². The molecule has 0 saturated carbocycles. The van der Waals surface area contributed by atoms with Crippen LogP contribution in [0.1, 0.15) is 51.8 Å². The van der Waals surface area contributed by atoms with Gasteiger partial charge in [-0.1, -0.05) is 45.0 Å². The SMILES string of the molecule is CN(C)C(c1ccc(C(C)(C)C)cc1)C(C)(C)N. The van der Waals surface area contributed by atoms with Gasteiger partial charge in [-0.05, 0) is 44.5 Å². The Morgan fingerprint density at radius 1 is 0.944 bits per heavy atom. The molecule has 0 saturated heterocycles. The van der Waals surface area contributed by atoms with E-state index in [9.17, 15) is 0 Å². The maximum atomic E-state index is 6.29. The number of rotatable bonds is 3. The van der Waals surface area contributed by atoms with Crippen molar-refractivity contribution in [2.75, 3.05) is 14.1 Å². The first-order chi connectivity index (χ1) is 8.03. The van der Waals surface area contributed by atoms with Crippen LogP contribution >= 0.6 is 0 Å². The summed E-state index contributed by atoms with van der Waals surface area (Å²) in [5.74, 6) is 0. The standard InChI is InChI=1S/C16H28N2/c1-15(2,3)13-10-8-12(9-11-13)14(18(6)7)16(4,5)17/h8-11,14H,17H2,1-7H3. The normalized spacial score (nSPS) is 14.9. The smallest absolute Gasteiger partial charge is 0.0517 e. The van der Waals surface area contributed by atoms with Gasteiger partial charge in [0.1, 0.15) is 0 Å². The molecule has 0 heterocycles. The van der Waals surface area contributed by atoms with Crippen molar-refractivity contribution in [1.82, 2.24) is 4.90 Å². The lowest BCUT2D eigenvalue weighted by molar-refractivity contribution is 0.205. The Hall–Kier alpha value is -0.860. The first kappa shape index (κ1) is 15.2. The summed E-state index contributed by atoms with van der Waals surface area (Å²) < 4.78 is 0. The molecule has 0 aromatic heterocycles. The van der Waals surface area contributed by atoms with Crippen molar-refractivity contribution in [3.05, 3.63) is 35.4 Å². The monoisotopic (exact) mass is 248 g/mol. The van der Waals surface area contributed by atoms with E-state index in [2.05, 4.69) is 77.9 Å². The molecule has 0 bridgehead atoms. The van der Waals surface area contributed by atoms with Gasteiger partial charge >= 0.3 is 0 Å². The van der Waals surface area contributed by atoms with E-state index < -0.39 is 0 Å². The quantitative estimate of drug-likeness (QED) is 0.889. The fourth-order valence-electron chi connectivity index (χ4n) is 2.56. The van der Waals surface area contributed by atoms with Gasteiger partial charge in [0.2, 0.25) is 0 Å². The zero-order valence-corrected chi connectivity index (χ0v) is 12.9. The summed E-state index contributed by atoms with van der Waals surface area (Å²) in [6, 6.07) is 9.08. The summed E-state index contributed by atoms with van der Waals surface area (Å²) in [5, 5.41) is 0. The first-order valence-corrected chi connectivity index (χ1v) is 6.59. The molecule has 1 rings (SSSR count). The Morgan fingerprint density at radius 3 is 1.67 bits per heavy atom. The summed E-state index contributed by atoms with van der Waals surface area (Å²) in [5.41, 5.74) is 8.87. The van der Waals surface area contributed by atoms with Crippen LogP contribution in [0, 0.1) is 0 Å². The van der Waals surface area contributed by atoms with Crippen molar-refractivity contribution in [3.8, 4) is 0 Å². The maximum Gasteiger partial charge on any atom is 0.0517 e. The topological polar surface area (TPSA) is 29.3 Å². The maximum absolute atomic E-state index is 6.29. The van der Waals surface area contributed by atoms with Crippen molar-refractivity contribution >= 4 is 0 Å². The van der Waals surface area contributed by atoms with Crippen LogP contribution in [0.3, 0.4) is 0 Å². The molecule has 0 radical (unpaired) electrons. The van der Waals surface area contributed by atoms with Crippen molar-refractivity contribution in [2.45, 2.75) is 51.6 Å². The highest BCUT2D eigenvalue weighted by molar-refractivity contribution is 5.30. The van der Waals surface area contributed by atoms with Crippen molar-refractivity contribution < 1.29 is 0 Å². The molecule has 102 valence electrons. The highest BCUT2D eigenvalue weighted by atomic mass is 15.1. The molecule has 0 amide bonds. The largest absolute Gasteiger partial charge is 0.324 e. The molecule has 1 aromatic rings. The molecule has 1 aromatic carbocycles. The molecule has 0 aliphatic heterocycles. The third-order valence-electron chi connectivity index (χ3n) is 3.31. The second-order valence-corrected chi connectivity index (χ2v) is 7.06. The van der Waals surface area contributed by atoms with Gasteiger partial charge in [-0.2, -0.15) is 0 Å². The lowest BCUT2D eigenvalue weighted by Crippen LogP contribution is -2.45. The minimum absolute atomic E-state index is 0.199. The van der Waals surface area contributed by atoms with E-state index in [1.807, 2.05) is 0 Å². The van der Waals surface area contributed by atoms with Gasteiger partial charge in [0.05, 0.1) is 6.04 Å². The van der Waals surface area contributed by atoms with Gasteiger partial charge in [0.15, 0.2) is 0 Å². The van der Waals surface area contributed by atoms with E-state index in [0.29, 0.717) is 0 Å². The van der Waals surface area contributed by atoms with Gasteiger partial charge in [-0.3, -0.25) is 0 Å². The summed E-state index contributed by atoms with van der Waals surface area (Å²) in [7, 11) is 4.16. The second kappa shape index (κ2) is 5.02. The van der Waals surface area contributed by atoms with E-state index in [1.165, 1.54) is 11.1 Å². The Bertz CT molecular complexity index is 377. The Morgan fingerprint density at radius 2 is 1.39 bits per heavy atom. The zero-order chi connectivity index (χ0) is 14.1. The number of hydrogen-bond acceptors (Lipinski definition) is 2. The minimum Gasteiger partial charge on any atom is -0.324 e. The predicted molar refractivity (Wildman–Crippen MR) is 79.8 cm³/mol. The van der Waals surface area contributed by atoms with E-state index in [0.717, 1.165) is 0 Å². The average molecular weight is 248 g/mol. The predicted octanol–water partition coefficient (Wildman–Crippen LogP) is 3.32. The summed E-state index contributed by atoms with van der Waals surface area (Å²) >= 11 is 0. The van der Waals surface area contributed by atoms with Crippen LogP contribution in [0.5, 0.6) is 0 Å². The minimum atomic E-state index is -0.257. The lowest BCUT2D eigenvalue weighted by Gasteiger charge is -2.36. The van der Waals surface area contributed by atoms with Gasteiger partial charge in [0, 0.05) is 5.54 Å². The van der Waals surface area contributed by atoms with Crippen LogP contribution in [-0.2, 0) is 5.41 Å². The van der Waals surface area contributed by atoms with Crippen molar-refractivity contribution in [2.24, 2.45) is 5.73 Å². The van der Waals surface area contributed by atoms with Crippen LogP contribution in [0.15, 0.2) is 24.3 Å². The fourth-order valence-corrected chi connectivity index (χ4v) is 2.56. The lowest BCUT2D eigenvalue weighted by atomic mass is 9.84. The summed E-state index contributed by atoms with van der Waals surface area (Å²) in [6.07, 6.45) is 0. The number of likely N-dealkylation sites (N-methyl/N-ethyl adjacent to an activating group) is 1. The van der Waals surface area contributed by atoms with Crippen LogP contribution in [0.2, 0.25) is 0 Å². The fraction of sp³-hybridized carbons (Fsp3) is 0.625. The third kappa shape index (κ3) is 3.56. The highest BCUT2D eigenvalue weighted by Gasteiger charge is 2.28. The number of benzene rings is 1. The van der Waals surface area contributed by atoms with E-state index in [1.54, 1.807) is 0 Å². The molecule has 0 aliphatic carbocycles. The van der Waals surface area contributed by atoms with Crippen molar-refractivity contribution in [3.63, 3.8) is 0 Å². The molecule has 2 heteroatoms. The van der Waals surface area contributed by atoms with Gasteiger partial charge in [0.25, 0.3) is 0 Å². The van der Waals surface area contributed by atoms with Crippen LogP contribution in [0.4, 0.5) is 0 Å². The van der Waals surface area contributed by atoms with Gasteiger partial charge in [-0.15, -0.1) is 0 Å². The molecule has 0 spiro atoms. The molecular formula is C16H28N2. The molecule has 1 atom stereocenters. The Balaban J connectivity index is 3.10. The Kier molecular flexibility index (Phi) is 4.24. The second-order valence-electron chi connectivity index (χ2n) is 7.06. The third-order valence-corrected chi connectivity index (χ3v) is 3.31. The number of nitrogens with zero attached hydrogens (tertiary/aromatic N) is 1. The van der Waals surface area contributed by atoms with E-state index in [4.69, 9.17) is 5.73 Å². The number of hydrogen-bond donors (Lipinski definition) is 1. The van der Waals surface area contributed by atoms with Crippen LogP contribution < -0.4 is 5.73 Å². The molecule has 18 heavy (non-hydrogen) atoms. The van der Waals surface area contributed by atoms with E-state index in [-0.39, 0.29) is 17.0 Å². The first-order valence-electron chi connectivity index (χ1n) is 6.59. The molecule has 0 fully saturated rings.